The topological polar surface area (TPSA) is 44.8 Å². The summed E-state index contributed by atoms with van der Waals surface area (Å²) in [5.74, 6) is 0.244. The molecule has 0 radical (unpaired) electrons. The molecule has 1 aliphatic heterocycles. The van der Waals surface area contributed by atoms with Gasteiger partial charge in [0.1, 0.15) is 6.04 Å². The molecule has 30 heavy (non-hydrogen) atoms. The number of ether oxygens (including phenoxy) is 1. The van der Waals surface area contributed by atoms with Gasteiger partial charge in [0.15, 0.2) is 0 Å². The van der Waals surface area contributed by atoms with Gasteiger partial charge in [-0.25, -0.2) is 0 Å². The van der Waals surface area contributed by atoms with E-state index in [4.69, 9.17) is 4.74 Å². The lowest BCUT2D eigenvalue weighted by molar-refractivity contribution is -0.138. The number of morpholine rings is 1. The molecule has 1 saturated heterocycles. The quantitative estimate of drug-likeness (QED) is 0.652. The van der Waals surface area contributed by atoms with Crippen molar-refractivity contribution in [3.8, 4) is 0 Å². The highest BCUT2D eigenvalue weighted by Crippen LogP contribution is 2.32. The average Bonchev–Trinajstić information content (AvgIpc) is 2.69. The smallest absolute Gasteiger partial charge is 0.374 e. The van der Waals surface area contributed by atoms with Crippen LogP contribution in [0, 0.1) is 5.92 Å². The van der Waals surface area contributed by atoms with Crippen molar-refractivity contribution in [2.24, 2.45) is 5.92 Å². The first-order chi connectivity index (χ1) is 14.2. The molecule has 2 atom stereocenters. The molecular weight excluding hydrogens is 395 g/mol. The highest BCUT2D eigenvalue weighted by Gasteiger charge is 2.33. The molecule has 170 valence electrons. The fraction of sp³-hybridized carbons (Fsp3) is 0.682. The molecule has 1 heterocycles. The molecule has 0 saturated carbocycles. The molecule has 0 bridgehead atoms. The second-order valence-corrected chi connectivity index (χ2v) is 8.14. The van der Waals surface area contributed by atoms with E-state index in [1.54, 1.807) is 6.07 Å². The zero-order chi connectivity index (χ0) is 22.3. The third-order valence-corrected chi connectivity index (χ3v) is 5.31. The van der Waals surface area contributed by atoms with Crippen molar-refractivity contribution in [2.75, 3.05) is 45.9 Å². The van der Waals surface area contributed by atoms with Gasteiger partial charge >= 0.3 is 6.18 Å². The lowest BCUT2D eigenvalue weighted by Gasteiger charge is -2.35. The van der Waals surface area contributed by atoms with Crippen molar-refractivity contribution in [1.29, 1.82) is 0 Å². The van der Waals surface area contributed by atoms with E-state index in [-0.39, 0.29) is 12.0 Å². The van der Waals surface area contributed by atoms with Gasteiger partial charge in [0.25, 0.3) is 0 Å². The first kappa shape index (κ1) is 24.6. The lowest BCUT2D eigenvalue weighted by Crippen LogP contribution is -2.50. The average molecular weight is 430 g/mol. The van der Waals surface area contributed by atoms with Gasteiger partial charge in [0.05, 0.1) is 18.3 Å². The van der Waals surface area contributed by atoms with Crippen LogP contribution in [0.15, 0.2) is 24.3 Å². The number of alkyl halides is 3. The van der Waals surface area contributed by atoms with Crippen LogP contribution in [0.2, 0.25) is 0 Å². The predicted octanol–water partition coefficient (Wildman–Crippen LogP) is 3.56. The molecule has 1 amide bonds. The Kier molecular flexibility index (Phi) is 9.12. The zero-order valence-corrected chi connectivity index (χ0v) is 18.3. The van der Waals surface area contributed by atoms with E-state index in [9.17, 15) is 18.0 Å². The van der Waals surface area contributed by atoms with Crippen LogP contribution in [-0.2, 0) is 15.7 Å². The predicted molar refractivity (Wildman–Crippen MR) is 111 cm³/mol. The molecule has 0 unspecified atom stereocenters. The van der Waals surface area contributed by atoms with Gasteiger partial charge in [0.2, 0.25) is 5.91 Å². The van der Waals surface area contributed by atoms with Crippen molar-refractivity contribution < 1.29 is 22.7 Å². The minimum Gasteiger partial charge on any atom is -0.374 e. The molecule has 1 N–H and O–H groups in total. The third-order valence-electron chi connectivity index (χ3n) is 5.31. The number of halogens is 3. The summed E-state index contributed by atoms with van der Waals surface area (Å²) in [5, 5.41) is 2.92. The van der Waals surface area contributed by atoms with Crippen molar-refractivity contribution in [1.82, 2.24) is 15.1 Å². The zero-order valence-electron chi connectivity index (χ0n) is 18.3. The van der Waals surface area contributed by atoms with E-state index >= 15 is 0 Å². The van der Waals surface area contributed by atoms with Gasteiger partial charge in [-0.1, -0.05) is 39.8 Å². The molecule has 1 aromatic carbocycles. The maximum absolute atomic E-state index is 13.2. The van der Waals surface area contributed by atoms with Crippen LogP contribution in [0.5, 0.6) is 0 Å². The number of likely N-dealkylation sites (N-methyl/N-ethyl adjacent to an activating group) is 1. The van der Waals surface area contributed by atoms with Gasteiger partial charge in [-0.3, -0.25) is 14.6 Å². The van der Waals surface area contributed by atoms with E-state index in [0.29, 0.717) is 37.7 Å². The summed E-state index contributed by atoms with van der Waals surface area (Å²) in [6.07, 6.45) is -4.57. The molecule has 0 aliphatic carbocycles. The largest absolute Gasteiger partial charge is 0.416 e. The fourth-order valence-corrected chi connectivity index (χ4v) is 3.90. The third kappa shape index (κ3) is 6.96. The van der Waals surface area contributed by atoms with Crippen LogP contribution in [-0.4, -0.2) is 67.7 Å². The molecule has 5 nitrogen and oxygen atoms in total. The van der Waals surface area contributed by atoms with Crippen LogP contribution in [0.25, 0.3) is 0 Å². The number of carbonyl (C=O) groups excluding carboxylic acids is 1. The second-order valence-electron chi connectivity index (χ2n) is 8.14. The molecule has 2 rings (SSSR count). The normalized spacial score (nSPS) is 19.3. The minimum atomic E-state index is -4.45. The maximum Gasteiger partial charge on any atom is 0.416 e. The van der Waals surface area contributed by atoms with Crippen LogP contribution >= 0.6 is 0 Å². The summed E-state index contributed by atoms with van der Waals surface area (Å²) in [5.41, 5.74) is -0.401. The monoisotopic (exact) mass is 429 g/mol. The molecule has 1 aliphatic rings. The molecular formula is C22H34F3N3O2. The fourth-order valence-electron chi connectivity index (χ4n) is 3.90. The number of nitrogens with one attached hydrogen (secondary N) is 1. The van der Waals surface area contributed by atoms with E-state index in [0.717, 1.165) is 31.8 Å². The van der Waals surface area contributed by atoms with Gasteiger partial charge < -0.3 is 10.1 Å². The van der Waals surface area contributed by atoms with Crippen LogP contribution < -0.4 is 5.32 Å². The Morgan fingerprint density at radius 3 is 2.60 bits per heavy atom. The Balaban J connectivity index is 2.11. The Labute approximate surface area is 177 Å². The number of nitrogens with zero attached hydrogens (tertiary/aromatic N) is 2. The Bertz CT molecular complexity index is 678. The van der Waals surface area contributed by atoms with Gasteiger partial charge in [0, 0.05) is 26.2 Å². The van der Waals surface area contributed by atoms with E-state index in [1.807, 2.05) is 18.7 Å². The molecule has 8 heteroatoms. The first-order valence-electron chi connectivity index (χ1n) is 10.7. The number of rotatable bonds is 9. The number of hydrogen-bond donors (Lipinski definition) is 1. The van der Waals surface area contributed by atoms with Gasteiger partial charge in [-0.05, 0) is 36.7 Å². The molecule has 1 fully saturated rings. The van der Waals surface area contributed by atoms with Crippen molar-refractivity contribution in [2.45, 2.75) is 46.0 Å². The Morgan fingerprint density at radius 2 is 2.00 bits per heavy atom. The van der Waals surface area contributed by atoms with Gasteiger partial charge in [-0.2, -0.15) is 13.2 Å². The SMILES string of the molecule is CCN(CC)[C@H](C(=O)NC[C@H]1CN(CC(C)C)CCO1)c1cccc(C(F)(F)F)c1. The summed E-state index contributed by atoms with van der Waals surface area (Å²) in [6, 6.07) is 4.26. The first-order valence-corrected chi connectivity index (χ1v) is 10.7. The van der Waals surface area contributed by atoms with E-state index in [1.165, 1.54) is 6.07 Å². The van der Waals surface area contributed by atoms with Crippen LogP contribution in [0.3, 0.4) is 0 Å². The summed E-state index contributed by atoms with van der Waals surface area (Å²) >= 11 is 0. The minimum absolute atomic E-state index is 0.125. The van der Waals surface area contributed by atoms with Crippen molar-refractivity contribution in [3.05, 3.63) is 35.4 Å². The second kappa shape index (κ2) is 11.1. The summed E-state index contributed by atoms with van der Waals surface area (Å²) in [7, 11) is 0. The summed E-state index contributed by atoms with van der Waals surface area (Å²) in [6.45, 7) is 12.7. The Hall–Kier alpha value is -1.64. The molecule has 1 aromatic rings. The number of hydrogen-bond acceptors (Lipinski definition) is 4. The summed E-state index contributed by atoms with van der Waals surface area (Å²) in [4.78, 5) is 17.2. The van der Waals surface area contributed by atoms with E-state index < -0.39 is 17.8 Å². The van der Waals surface area contributed by atoms with Crippen molar-refractivity contribution >= 4 is 5.91 Å². The number of benzene rings is 1. The van der Waals surface area contributed by atoms with Crippen molar-refractivity contribution in [3.63, 3.8) is 0 Å². The highest BCUT2D eigenvalue weighted by molar-refractivity contribution is 5.83. The van der Waals surface area contributed by atoms with E-state index in [2.05, 4.69) is 24.1 Å². The number of amides is 1. The highest BCUT2D eigenvalue weighted by atomic mass is 19.4. The van der Waals surface area contributed by atoms with Gasteiger partial charge in [-0.15, -0.1) is 0 Å². The lowest BCUT2D eigenvalue weighted by atomic mass is 10.0. The standard InChI is InChI=1S/C22H34F3N3O2/c1-5-28(6-2)20(17-8-7-9-18(12-17)22(23,24)25)21(29)26-13-19-15-27(10-11-30-19)14-16(3)4/h7-9,12,16,19-20H,5-6,10-11,13-15H2,1-4H3,(H,26,29)/t19-,20-/m0/s1. The number of carbonyl (C=O) groups is 1. The summed E-state index contributed by atoms with van der Waals surface area (Å²) < 4.78 is 45.3. The Morgan fingerprint density at radius 1 is 1.30 bits per heavy atom. The molecule has 0 aromatic heterocycles. The maximum atomic E-state index is 13.2. The molecule has 0 spiro atoms. The van der Waals surface area contributed by atoms with Crippen LogP contribution in [0.1, 0.15) is 44.9 Å². The van der Waals surface area contributed by atoms with Crippen LogP contribution in [0.4, 0.5) is 13.2 Å².